The first-order chi connectivity index (χ1) is 8.49. The molecule has 2 atom stereocenters. The van der Waals surface area contributed by atoms with Crippen LogP contribution < -0.4 is 10.6 Å². The number of nitrogens with two attached hydrogens (primary N) is 1. The van der Waals surface area contributed by atoms with Crippen molar-refractivity contribution >= 4 is 11.7 Å². The summed E-state index contributed by atoms with van der Waals surface area (Å²) in [4.78, 5) is 19.8. The number of pyridine rings is 1. The first kappa shape index (κ1) is 12.8. The lowest BCUT2D eigenvalue weighted by molar-refractivity contribution is 0.0827. The lowest BCUT2D eigenvalue weighted by atomic mass is 10.1. The molecule has 2 heterocycles. The lowest BCUT2D eigenvalue weighted by Gasteiger charge is -2.17. The topological polar surface area (TPSA) is 62.5 Å². The van der Waals surface area contributed by atoms with Crippen LogP contribution in [0.5, 0.6) is 0 Å². The largest absolute Gasteiger partial charge is 0.355 e. The molecule has 5 nitrogen and oxygen atoms in total. The number of amides is 1. The van der Waals surface area contributed by atoms with Crippen LogP contribution in [0.3, 0.4) is 0 Å². The summed E-state index contributed by atoms with van der Waals surface area (Å²) < 4.78 is 0. The van der Waals surface area contributed by atoms with E-state index >= 15 is 0 Å². The smallest absolute Gasteiger partial charge is 0.254 e. The second-order valence-electron chi connectivity index (χ2n) is 5.15. The number of rotatable bonds is 2. The highest BCUT2D eigenvalue weighted by Gasteiger charge is 2.27. The van der Waals surface area contributed by atoms with Gasteiger partial charge in [0, 0.05) is 39.4 Å². The van der Waals surface area contributed by atoms with E-state index in [9.17, 15) is 4.79 Å². The van der Waals surface area contributed by atoms with Crippen molar-refractivity contribution in [3.05, 3.63) is 23.9 Å². The molecule has 1 aliphatic rings. The van der Waals surface area contributed by atoms with Gasteiger partial charge in [0.25, 0.3) is 5.91 Å². The van der Waals surface area contributed by atoms with Crippen LogP contribution in [0, 0.1) is 5.92 Å². The molecule has 0 aromatic carbocycles. The van der Waals surface area contributed by atoms with Crippen molar-refractivity contribution in [3.8, 4) is 0 Å². The van der Waals surface area contributed by atoms with Gasteiger partial charge in [0.1, 0.15) is 5.82 Å². The Morgan fingerprint density at radius 2 is 2.17 bits per heavy atom. The fraction of sp³-hybridized carbons (Fsp3) is 0.538. The van der Waals surface area contributed by atoms with Gasteiger partial charge in [0.15, 0.2) is 0 Å². The van der Waals surface area contributed by atoms with E-state index in [-0.39, 0.29) is 11.9 Å². The second-order valence-corrected chi connectivity index (χ2v) is 5.15. The van der Waals surface area contributed by atoms with E-state index in [2.05, 4.69) is 16.8 Å². The predicted octanol–water partition coefficient (Wildman–Crippen LogP) is 0.567. The SMILES string of the molecule is CC1CN(c2ccc(C(=O)N(C)C)cn2)CC1N. The van der Waals surface area contributed by atoms with Crippen molar-refractivity contribution in [2.45, 2.75) is 13.0 Å². The van der Waals surface area contributed by atoms with Gasteiger partial charge in [-0.1, -0.05) is 6.92 Å². The number of aromatic nitrogens is 1. The van der Waals surface area contributed by atoms with Gasteiger partial charge in [-0.15, -0.1) is 0 Å². The molecule has 0 spiro atoms. The number of hydrogen-bond donors (Lipinski definition) is 1. The van der Waals surface area contributed by atoms with Crippen LogP contribution in [0.1, 0.15) is 17.3 Å². The molecule has 0 saturated carbocycles. The fourth-order valence-corrected chi connectivity index (χ4v) is 2.14. The van der Waals surface area contributed by atoms with Crippen LogP contribution in [-0.4, -0.2) is 49.0 Å². The van der Waals surface area contributed by atoms with Crippen LogP contribution >= 0.6 is 0 Å². The normalized spacial score (nSPS) is 23.2. The number of anilines is 1. The molecule has 0 aliphatic carbocycles. The quantitative estimate of drug-likeness (QED) is 0.831. The zero-order valence-corrected chi connectivity index (χ0v) is 11.1. The number of nitrogens with zero attached hydrogens (tertiary/aromatic N) is 3. The van der Waals surface area contributed by atoms with E-state index in [1.165, 1.54) is 0 Å². The molecular formula is C13H20N4O. The number of carbonyl (C=O) groups is 1. The number of hydrogen-bond acceptors (Lipinski definition) is 4. The molecule has 98 valence electrons. The molecule has 0 radical (unpaired) electrons. The van der Waals surface area contributed by atoms with Crippen LogP contribution in [0.2, 0.25) is 0 Å². The van der Waals surface area contributed by atoms with Crippen LogP contribution in [0.15, 0.2) is 18.3 Å². The van der Waals surface area contributed by atoms with Gasteiger partial charge < -0.3 is 15.5 Å². The van der Waals surface area contributed by atoms with Crippen LogP contribution in [-0.2, 0) is 0 Å². The first-order valence-corrected chi connectivity index (χ1v) is 6.17. The highest BCUT2D eigenvalue weighted by Crippen LogP contribution is 2.21. The molecule has 18 heavy (non-hydrogen) atoms. The molecule has 1 fully saturated rings. The maximum atomic E-state index is 11.7. The van der Waals surface area contributed by atoms with Crippen molar-refractivity contribution in [2.75, 3.05) is 32.1 Å². The Bertz CT molecular complexity index is 419. The average molecular weight is 248 g/mol. The third-order valence-corrected chi connectivity index (χ3v) is 3.40. The summed E-state index contributed by atoms with van der Waals surface area (Å²) in [5.74, 6) is 1.35. The van der Waals surface area contributed by atoms with E-state index in [0.29, 0.717) is 11.5 Å². The fourth-order valence-electron chi connectivity index (χ4n) is 2.14. The zero-order valence-electron chi connectivity index (χ0n) is 11.1. The van der Waals surface area contributed by atoms with Gasteiger partial charge in [0.05, 0.1) is 5.56 Å². The Labute approximate surface area is 108 Å². The van der Waals surface area contributed by atoms with Crippen molar-refractivity contribution in [1.82, 2.24) is 9.88 Å². The molecule has 1 saturated heterocycles. The van der Waals surface area contributed by atoms with Gasteiger partial charge in [-0.2, -0.15) is 0 Å². The minimum atomic E-state index is -0.0273. The predicted molar refractivity (Wildman–Crippen MR) is 71.6 cm³/mol. The van der Waals surface area contributed by atoms with Crippen molar-refractivity contribution < 1.29 is 4.79 Å². The maximum Gasteiger partial charge on any atom is 0.254 e. The summed E-state index contributed by atoms with van der Waals surface area (Å²) >= 11 is 0. The molecule has 1 aromatic rings. The van der Waals surface area contributed by atoms with Gasteiger partial charge in [-0.25, -0.2) is 4.98 Å². The number of carbonyl (C=O) groups excluding carboxylic acids is 1. The van der Waals surface area contributed by atoms with Gasteiger partial charge in [-0.3, -0.25) is 4.79 Å². The highest BCUT2D eigenvalue weighted by atomic mass is 16.2. The van der Waals surface area contributed by atoms with Crippen LogP contribution in [0.25, 0.3) is 0 Å². The molecule has 2 rings (SSSR count). The lowest BCUT2D eigenvalue weighted by Crippen LogP contribution is -2.28. The summed E-state index contributed by atoms with van der Waals surface area (Å²) in [6.07, 6.45) is 1.63. The van der Waals surface area contributed by atoms with Gasteiger partial charge in [0.2, 0.25) is 0 Å². The Hall–Kier alpha value is -1.62. The first-order valence-electron chi connectivity index (χ1n) is 6.17. The van der Waals surface area contributed by atoms with Crippen molar-refractivity contribution in [3.63, 3.8) is 0 Å². The van der Waals surface area contributed by atoms with Gasteiger partial charge in [-0.05, 0) is 18.1 Å². The Balaban J connectivity index is 2.11. The molecule has 0 bridgehead atoms. The molecule has 1 aromatic heterocycles. The van der Waals surface area contributed by atoms with Crippen molar-refractivity contribution in [1.29, 1.82) is 0 Å². The molecular weight excluding hydrogens is 228 g/mol. The molecule has 1 amide bonds. The van der Waals surface area contributed by atoms with Crippen LogP contribution in [0.4, 0.5) is 5.82 Å². The van der Waals surface area contributed by atoms with E-state index in [4.69, 9.17) is 5.73 Å². The summed E-state index contributed by atoms with van der Waals surface area (Å²) in [5.41, 5.74) is 6.60. The standard InChI is InChI=1S/C13H20N4O/c1-9-7-17(8-11(9)14)12-5-4-10(6-15-12)13(18)16(2)3/h4-6,9,11H,7-8,14H2,1-3H3. The molecule has 2 unspecified atom stereocenters. The van der Waals surface area contributed by atoms with Crippen molar-refractivity contribution in [2.24, 2.45) is 11.7 Å². The minimum absolute atomic E-state index is 0.0273. The zero-order chi connectivity index (χ0) is 13.3. The summed E-state index contributed by atoms with van der Waals surface area (Å²) in [7, 11) is 3.47. The second kappa shape index (κ2) is 4.94. The Kier molecular flexibility index (Phi) is 3.52. The maximum absolute atomic E-state index is 11.7. The van der Waals surface area contributed by atoms with E-state index in [0.717, 1.165) is 18.9 Å². The molecule has 5 heteroatoms. The minimum Gasteiger partial charge on any atom is -0.355 e. The summed E-state index contributed by atoms with van der Waals surface area (Å²) in [6, 6.07) is 3.91. The van der Waals surface area contributed by atoms with E-state index < -0.39 is 0 Å². The van der Waals surface area contributed by atoms with Gasteiger partial charge >= 0.3 is 0 Å². The third-order valence-electron chi connectivity index (χ3n) is 3.40. The summed E-state index contributed by atoms with van der Waals surface area (Å²) in [5, 5.41) is 0. The summed E-state index contributed by atoms with van der Waals surface area (Å²) in [6.45, 7) is 3.90. The average Bonchev–Trinajstić information content (AvgIpc) is 2.69. The molecule has 2 N–H and O–H groups in total. The van der Waals surface area contributed by atoms with E-state index in [1.54, 1.807) is 25.2 Å². The Morgan fingerprint density at radius 1 is 1.44 bits per heavy atom. The molecule has 1 aliphatic heterocycles. The third kappa shape index (κ3) is 2.46. The Morgan fingerprint density at radius 3 is 2.61 bits per heavy atom. The highest BCUT2D eigenvalue weighted by molar-refractivity contribution is 5.93. The monoisotopic (exact) mass is 248 g/mol. The van der Waals surface area contributed by atoms with E-state index in [1.807, 2.05) is 12.1 Å².